The summed E-state index contributed by atoms with van der Waals surface area (Å²) in [7, 11) is 0. The van der Waals surface area contributed by atoms with Crippen LogP contribution < -0.4 is 0 Å². The van der Waals surface area contributed by atoms with Crippen LogP contribution in [0, 0.1) is 40.9 Å². The summed E-state index contributed by atoms with van der Waals surface area (Å²) in [6.45, 7) is 4.23. The first-order valence-electron chi connectivity index (χ1n) is 9.53. The van der Waals surface area contributed by atoms with Gasteiger partial charge in [-0.25, -0.2) is 0 Å². The molecular formula is C20H30O2. The van der Waals surface area contributed by atoms with E-state index in [2.05, 4.69) is 6.92 Å². The van der Waals surface area contributed by atoms with Gasteiger partial charge < -0.3 is 0 Å². The second-order valence-corrected chi connectivity index (χ2v) is 9.00. The molecule has 0 aromatic heterocycles. The Balaban J connectivity index is 1.58. The molecule has 0 heterocycles. The van der Waals surface area contributed by atoms with E-state index >= 15 is 0 Å². The molecule has 1 unspecified atom stereocenters. The third-order valence-electron chi connectivity index (χ3n) is 8.26. The molecule has 7 atom stereocenters. The van der Waals surface area contributed by atoms with Gasteiger partial charge in [0.05, 0.1) is 0 Å². The average Bonchev–Trinajstić information content (AvgIpc) is 2.84. The van der Waals surface area contributed by atoms with E-state index in [4.69, 9.17) is 0 Å². The van der Waals surface area contributed by atoms with E-state index in [0.29, 0.717) is 23.4 Å². The molecule has 0 aliphatic heterocycles. The van der Waals surface area contributed by atoms with Gasteiger partial charge in [0.15, 0.2) is 0 Å². The zero-order valence-electron chi connectivity index (χ0n) is 14.1. The summed E-state index contributed by atoms with van der Waals surface area (Å²) in [5.41, 5.74) is 0.282. The molecule has 0 N–H and O–H groups in total. The van der Waals surface area contributed by atoms with Gasteiger partial charge in [-0.15, -0.1) is 0 Å². The van der Waals surface area contributed by atoms with Gasteiger partial charge in [0.2, 0.25) is 0 Å². The molecule has 4 rings (SSSR count). The van der Waals surface area contributed by atoms with Gasteiger partial charge in [0.1, 0.15) is 11.6 Å². The number of fused-ring (bicyclic) bond motifs is 5. The van der Waals surface area contributed by atoms with Crippen LogP contribution in [0.1, 0.15) is 71.6 Å². The second kappa shape index (κ2) is 5.18. The topological polar surface area (TPSA) is 34.1 Å². The molecule has 4 aliphatic carbocycles. The van der Waals surface area contributed by atoms with E-state index in [0.717, 1.165) is 49.4 Å². The highest BCUT2D eigenvalue weighted by molar-refractivity contribution is 5.80. The molecule has 0 aromatic carbocycles. The fraction of sp³-hybridized carbons (Fsp3) is 0.900. The van der Waals surface area contributed by atoms with Crippen LogP contribution >= 0.6 is 0 Å². The van der Waals surface area contributed by atoms with Crippen LogP contribution in [0.5, 0.6) is 0 Å². The van der Waals surface area contributed by atoms with Crippen molar-refractivity contribution >= 4 is 11.6 Å². The van der Waals surface area contributed by atoms with Gasteiger partial charge in [-0.05, 0) is 86.9 Å². The van der Waals surface area contributed by atoms with Gasteiger partial charge in [-0.2, -0.15) is 0 Å². The lowest BCUT2D eigenvalue weighted by Crippen LogP contribution is -2.49. The lowest BCUT2D eigenvalue weighted by Gasteiger charge is -2.55. The van der Waals surface area contributed by atoms with Crippen LogP contribution in [0.25, 0.3) is 0 Å². The molecule has 2 heteroatoms. The Morgan fingerprint density at radius 2 is 1.82 bits per heavy atom. The van der Waals surface area contributed by atoms with E-state index in [1.165, 1.54) is 32.1 Å². The van der Waals surface area contributed by atoms with E-state index in [9.17, 15) is 9.59 Å². The highest BCUT2D eigenvalue weighted by atomic mass is 16.1. The highest BCUT2D eigenvalue weighted by Crippen LogP contribution is 2.64. The minimum absolute atomic E-state index is 0.282. The summed E-state index contributed by atoms with van der Waals surface area (Å²) in [5, 5.41) is 0. The number of rotatable bonds is 1. The summed E-state index contributed by atoms with van der Waals surface area (Å²) in [5.74, 6) is 5.25. The Morgan fingerprint density at radius 3 is 2.59 bits per heavy atom. The smallest absolute Gasteiger partial charge is 0.133 e. The summed E-state index contributed by atoms with van der Waals surface area (Å²) >= 11 is 0. The number of carbonyl (C=O) groups is 2. The van der Waals surface area contributed by atoms with Gasteiger partial charge in [-0.1, -0.05) is 6.92 Å². The highest BCUT2D eigenvalue weighted by Gasteiger charge is 2.57. The lowest BCUT2D eigenvalue weighted by atomic mass is 9.49. The number of hydrogen-bond donors (Lipinski definition) is 0. The van der Waals surface area contributed by atoms with Crippen molar-refractivity contribution in [3.8, 4) is 0 Å². The van der Waals surface area contributed by atoms with Gasteiger partial charge in [0.25, 0.3) is 0 Å². The van der Waals surface area contributed by atoms with Crippen LogP contribution in [-0.2, 0) is 9.59 Å². The molecule has 0 saturated heterocycles. The summed E-state index contributed by atoms with van der Waals surface area (Å²) in [6, 6.07) is 0. The number of Topliss-reactive ketones (excluding diaryl/α,β-unsaturated/α-hetero) is 2. The van der Waals surface area contributed by atoms with Crippen molar-refractivity contribution in [1.29, 1.82) is 0 Å². The van der Waals surface area contributed by atoms with E-state index in [1.54, 1.807) is 0 Å². The molecule has 4 fully saturated rings. The monoisotopic (exact) mass is 302 g/mol. The molecule has 2 nitrogen and oxygen atoms in total. The Bertz CT molecular complexity index is 496. The van der Waals surface area contributed by atoms with Crippen molar-refractivity contribution in [2.24, 2.45) is 40.9 Å². The first-order valence-corrected chi connectivity index (χ1v) is 9.53. The minimum Gasteiger partial charge on any atom is -0.300 e. The largest absolute Gasteiger partial charge is 0.300 e. The molecule has 22 heavy (non-hydrogen) atoms. The number of carbonyl (C=O) groups excluding carboxylic acids is 2. The minimum atomic E-state index is 0.282. The van der Waals surface area contributed by atoms with Crippen molar-refractivity contribution in [1.82, 2.24) is 0 Å². The fourth-order valence-corrected chi connectivity index (χ4v) is 7.33. The second-order valence-electron chi connectivity index (χ2n) is 9.00. The predicted molar refractivity (Wildman–Crippen MR) is 86.3 cm³/mol. The summed E-state index contributed by atoms with van der Waals surface area (Å²) in [4.78, 5) is 23.9. The van der Waals surface area contributed by atoms with Crippen molar-refractivity contribution < 1.29 is 9.59 Å². The van der Waals surface area contributed by atoms with Crippen LogP contribution in [-0.4, -0.2) is 11.6 Å². The van der Waals surface area contributed by atoms with Gasteiger partial charge in [-0.3, -0.25) is 9.59 Å². The normalized spacial score (nSPS) is 50.9. The fourth-order valence-electron chi connectivity index (χ4n) is 7.33. The van der Waals surface area contributed by atoms with E-state index in [1.807, 2.05) is 6.92 Å². The molecule has 4 aliphatic rings. The summed E-state index contributed by atoms with van der Waals surface area (Å²) in [6.07, 6.45) is 10.4. The Morgan fingerprint density at radius 1 is 1.00 bits per heavy atom. The SMILES string of the molecule is CC(=O)[C@H]1CC[C@H]2[C@@H]3CC[C@@H]4CC(=O)CCC4[C@H]3CC[C@]12C. The maximum Gasteiger partial charge on any atom is 0.133 e. The van der Waals surface area contributed by atoms with Crippen LogP contribution in [0.4, 0.5) is 0 Å². The van der Waals surface area contributed by atoms with Crippen LogP contribution in [0.2, 0.25) is 0 Å². The number of hydrogen-bond acceptors (Lipinski definition) is 2. The van der Waals surface area contributed by atoms with Gasteiger partial charge >= 0.3 is 0 Å². The average molecular weight is 302 g/mol. The first-order chi connectivity index (χ1) is 10.5. The lowest BCUT2D eigenvalue weighted by molar-refractivity contribution is -0.132. The predicted octanol–water partition coefficient (Wildman–Crippen LogP) is 4.41. The van der Waals surface area contributed by atoms with Crippen molar-refractivity contribution in [2.75, 3.05) is 0 Å². The molecule has 4 saturated carbocycles. The maximum absolute atomic E-state index is 12.1. The Labute approximate surface area is 134 Å². The molecule has 122 valence electrons. The molecule has 0 spiro atoms. The Kier molecular flexibility index (Phi) is 3.51. The third kappa shape index (κ3) is 2.05. The summed E-state index contributed by atoms with van der Waals surface area (Å²) < 4.78 is 0. The standard InChI is InChI=1S/C20H30O2/c1-12(21)18-7-8-19-17-5-3-13-11-14(22)4-6-15(13)16(17)9-10-20(18,19)2/h13,15-19H,3-11H2,1-2H3/t13-,15?,16-,17-,18-,19+,20-/m1/s1. The van der Waals surface area contributed by atoms with Crippen LogP contribution in [0.15, 0.2) is 0 Å². The molecule has 0 radical (unpaired) electrons. The van der Waals surface area contributed by atoms with Gasteiger partial charge in [0, 0.05) is 18.8 Å². The molecule has 0 bridgehead atoms. The van der Waals surface area contributed by atoms with Crippen molar-refractivity contribution in [3.63, 3.8) is 0 Å². The van der Waals surface area contributed by atoms with Crippen LogP contribution in [0.3, 0.4) is 0 Å². The van der Waals surface area contributed by atoms with E-state index < -0.39 is 0 Å². The third-order valence-corrected chi connectivity index (χ3v) is 8.26. The molecule has 0 amide bonds. The molecule has 0 aromatic rings. The van der Waals surface area contributed by atoms with Crippen molar-refractivity contribution in [3.05, 3.63) is 0 Å². The zero-order valence-corrected chi connectivity index (χ0v) is 14.1. The Hall–Kier alpha value is -0.660. The molecular weight excluding hydrogens is 272 g/mol. The van der Waals surface area contributed by atoms with Crippen molar-refractivity contribution in [2.45, 2.75) is 71.6 Å². The first kappa shape index (κ1) is 14.9. The zero-order chi connectivity index (χ0) is 15.5. The quantitative estimate of drug-likeness (QED) is 0.719. The number of ketones is 2. The van der Waals surface area contributed by atoms with E-state index in [-0.39, 0.29) is 5.41 Å². The maximum atomic E-state index is 12.1.